The lowest BCUT2D eigenvalue weighted by Gasteiger charge is -2.01. The van der Waals surface area contributed by atoms with Crippen LogP contribution in [0.4, 0.5) is 0 Å². The van der Waals surface area contributed by atoms with Crippen molar-refractivity contribution in [2.45, 2.75) is 4.71 Å². The van der Waals surface area contributed by atoms with E-state index in [0.717, 1.165) is 0 Å². The maximum absolute atomic E-state index is 10.8. The van der Waals surface area contributed by atoms with E-state index in [1.165, 1.54) is 0 Å². The van der Waals surface area contributed by atoms with Gasteiger partial charge in [0.2, 0.25) is 0 Å². The molecule has 0 radical (unpaired) electrons. The summed E-state index contributed by atoms with van der Waals surface area (Å²) in [5, 5.41) is 0. The van der Waals surface area contributed by atoms with Crippen LogP contribution in [0.3, 0.4) is 0 Å². The van der Waals surface area contributed by atoms with Gasteiger partial charge in [-0.15, -0.1) is 34.8 Å². The van der Waals surface area contributed by atoms with E-state index in [1.54, 1.807) is 0 Å². The highest BCUT2D eigenvalue weighted by Crippen LogP contribution is 2.04. The molecule has 0 saturated carbocycles. The Hall–Kier alpha value is 1.02. The zero-order valence-corrected chi connectivity index (χ0v) is 7.73. The molecule has 0 N–H and O–H groups in total. The molecule has 56 valence electrons. The summed E-state index contributed by atoms with van der Waals surface area (Å²) in [5.74, 6) is 1.00. The molecule has 9 heavy (non-hydrogen) atoms. The summed E-state index contributed by atoms with van der Waals surface area (Å²) in [6.07, 6.45) is 0. The number of halogens is 3. The van der Waals surface area contributed by atoms with Crippen LogP contribution in [0.5, 0.6) is 0 Å². The second-order valence-electron chi connectivity index (χ2n) is 1.34. The second kappa shape index (κ2) is 5.78. The molecule has 2 atom stereocenters. The monoisotopic (exact) mass is 208 g/mol. The Balaban J connectivity index is 3.46. The summed E-state index contributed by atoms with van der Waals surface area (Å²) in [7, 11) is -1.06. The topological polar surface area (TPSA) is 17.1 Å². The van der Waals surface area contributed by atoms with Crippen molar-refractivity contribution < 1.29 is 4.21 Å². The molecule has 0 rings (SSSR count). The minimum Gasteiger partial charge on any atom is -0.258 e. The molecule has 0 heterocycles. The van der Waals surface area contributed by atoms with Crippen molar-refractivity contribution in [1.29, 1.82) is 0 Å². The van der Waals surface area contributed by atoms with E-state index in [0.29, 0.717) is 11.6 Å². The van der Waals surface area contributed by atoms with Crippen LogP contribution in [0.15, 0.2) is 0 Å². The van der Waals surface area contributed by atoms with Crippen LogP contribution in [0, 0.1) is 0 Å². The summed E-state index contributed by atoms with van der Waals surface area (Å²) in [5.41, 5.74) is 0. The second-order valence-corrected chi connectivity index (χ2v) is 4.55. The quantitative estimate of drug-likeness (QED) is 0.645. The molecule has 0 spiro atoms. The van der Waals surface area contributed by atoms with E-state index in [-0.39, 0.29) is 5.88 Å². The van der Waals surface area contributed by atoms with Gasteiger partial charge in [0.1, 0.15) is 4.71 Å². The highest BCUT2D eigenvalue weighted by atomic mass is 35.5. The predicted octanol–water partition coefficient (Wildman–Crippen LogP) is 1.78. The molecule has 0 aromatic carbocycles. The van der Waals surface area contributed by atoms with E-state index in [2.05, 4.69) is 0 Å². The van der Waals surface area contributed by atoms with Gasteiger partial charge in [0.15, 0.2) is 0 Å². The Morgan fingerprint density at radius 3 is 2.33 bits per heavy atom. The zero-order chi connectivity index (χ0) is 7.28. The summed E-state index contributed by atoms with van der Waals surface area (Å²) < 4.78 is 10.3. The molecule has 2 unspecified atom stereocenters. The largest absolute Gasteiger partial charge is 0.258 e. The Bertz CT molecular complexity index is 97.8. The highest BCUT2D eigenvalue weighted by Gasteiger charge is 2.09. The third kappa shape index (κ3) is 4.43. The van der Waals surface area contributed by atoms with Gasteiger partial charge in [-0.05, 0) is 0 Å². The van der Waals surface area contributed by atoms with Crippen molar-refractivity contribution >= 4 is 45.6 Å². The van der Waals surface area contributed by atoms with Crippen LogP contribution in [-0.4, -0.2) is 26.4 Å². The third-order valence-electron chi connectivity index (χ3n) is 0.685. The van der Waals surface area contributed by atoms with Gasteiger partial charge < -0.3 is 0 Å². The molecule has 1 nitrogen and oxygen atoms in total. The van der Waals surface area contributed by atoms with Crippen molar-refractivity contribution in [3.05, 3.63) is 0 Å². The maximum Gasteiger partial charge on any atom is 0.122 e. The summed E-state index contributed by atoms with van der Waals surface area (Å²) in [4.78, 5) is 0. The SMILES string of the molecule is O=S(CCCl)C(Cl)CCl. The lowest BCUT2D eigenvalue weighted by molar-refractivity contribution is 0.683. The first-order valence-electron chi connectivity index (χ1n) is 2.35. The molecule has 0 aliphatic rings. The minimum atomic E-state index is -1.06. The van der Waals surface area contributed by atoms with Crippen LogP contribution >= 0.6 is 34.8 Å². The predicted molar refractivity (Wildman–Crippen MR) is 44.1 cm³/mol. The molecule has 0 aliphatic heterocycles. The number of rotatable bonds is 4. The van der Waals surface area contributed by atoms with Crippen LogP contribution in [-0.2, 0) is 10.8 Å². The molecule has 0 saturated heterocycles. The van der Waals surface area contributed by atoms with E-state index < -0.39 is 15.5 Å². The van der Waals surface area contributed by atoms with E-state index >= 15 is 0 Å². The third-order valence-corrected chi connectivity index (χ3v) is 3.84. The first-order chi connectivity index (χ1) is 4.22. The van der Waals surface area contributed by atoms with Gasteiger partial charge in [-0.2, -0.15) is 0 Å². The molecular weight excluding hydrogens is 202 g/mol. The smallest absolute Gasteiger partial charge is 0.122 e. The lowest BCUT2D eigenvalue weighted by Crippen LogP contribution is -2.13. The van der Waals surface area contributed by atoms with Crippen molar-refractivity contribution in [1.82, 2.24) is 0 Å². The van der Waals surface area contributed by atoms with Crippen molar-refractivity contribution in [2.75, 3.05) is 17.5 Å². The molecule has 5 heteroatoms. The normalized spacial score (nSPS) is 17.2. The molecule has 0 aliphatic carbocycles. The lowest BCUT2D eigenvalue weighted by atomic mass is 10.9. The molecule has 0 amide bonds. The summed E-state index contributed by atoms with van der Waals surface area (Å²) in [6, 6.07) is 0. The standard InChI is InChI=1S/C4H7Cl3OS/c5-1-2-9(8)4(7)3-6/h4H,1-3H2. The van der Waals surface area contributed by atoms with Gasteiger partial charge in [-0.3, -0.25) is 4.21 Å². The van der Waals surface area contributed by atoms with Crippen LogP contribution in [0.1, 0.15) is 0 Å². The van der Waals surface area contributed by atoms with Crippen molar-refractivity contribution in [3.8, 4) is 0 Å². The first kappa shape index (κ1) is 10.0. The molecule has 0 aromatic rings. The average Bonchev–Trinajstić information content (AvgIpc) is 1.87. The van der Waals surface area contributed by atoms with Gasteiger partial charge in [0.05, 0.1) is 5.88 Å². The van der Waals surface area contributed by atoms with Gasteiger partial charge in [0.25, 0.3) is 0 Å². The maximum atomic E-state index is 10.8. The molecule has 0 bridgehead atoms. The van der Waals surface area contributed by atoms with E-state index in [4.69, 9.17) is 34.8 Å². The number of hydrogen-bond acceptors (Lipinski definition) is 1. The Kier molecular flexibility index (Phi) is 6.43. The Morgan fingerprint density at radius 1 is 1.44 bits per heavy atom. The minimum absolute atomic E-state index is 0.213. The van der Waals surface area contributed by atoms with Gasteiger partial charge in [-0.25, -0.2) is 0 Å². The number of alkyl halides is 3. The summed E-state index contributed by atoms with van der Waals surface area (Å²) >= 11 is 16.1. The zero-order valence-electron chi connectivity index (χ0n) is 4.65. The van der Waals surface area contributed by atoms with Crippen LogP contribution in [0.25, 0.3) is 0 Å². The van der Waals surface area contributed by atoms with Gasteiger partial charge in [0, 0.05) is 22.4 Å². The molecular formula is C4H7Cl3OS. The number of hydrogen-bond donors (Lipinski definition) is 0. The Morgan fingerprint density at radius 2 is 2.00 bits per heavy atom. The first-order valence-corrected chi connectivity index (χ1v) is 5.24. The fourth-order valence-corrected chi connectivity index (χ4v) is 1.97. The average molecular weight is 210 g/mol. The van der Waals surface area contributed by atoms with Gasteiger partial charge in [-0.1, -0.05) is 0 Å². The summed E-state index contributed by atoms with van der Waals surface area (Å²) in [6.45, 7) is 0. The molecule has 0 aromatic heterocycles. The van der Waals surface area contributed by atoms with Crippen LogP contribution in [0.2, 0.25) is 0 Å². The Labute approximate surface area is 72.1 Å². The fourth-order valence-electron chi connectivity index (χ4n) is 0.274. The van der Waals surface area contributed by atoms with Crippen molar-refractivity contribution in [3.63, 3.8) is 0 Å². The van der Waals surface area contributed by atoms with Crippen molar-refractivity contribution in [2.24, 2.45) is 0 Å². The fraction of sp³-hybridized carbons (Fsp3) is 1.00. The van der Waals surface area contributed by atoms with Crippen LogP contribution < -0.4 is 0 Å². The molecule has 0 fully saturated rings. The van der Waals surface area contributed by atoms with Gasteiger partial charge >= 0.3 is 0 Å². The highest BCUT2D eigenvalue weighted by molar-refractivity contribution is 7.87. The van der Waals surface area contributed by atoms with E-state index in [9.17, 15) is 4.21 Å². The van der Waals surface area contributed by atoms with E-state index in [1.807, 2.05) is 0 Å².